The van der Waals surface area contributed by atoms with Crippen molar-refractivity contribution >= 4 is 23.0 Å². The van der Waals surface area contributed by atoms with Crippen LogP contribution in [0.4, 0.5) is 4.79 Å². The first-order valence-corrected chi connectivity index (χ1v) is 5.90. The summed E-state index contributed by atoms with van der Waals surface area (Å²) in [6.45, 7) is 0.176. The van der Waals surface area contributed by atoms with E-state index in [0.29, 0.717) is 0 Å². The number of carbonyl (C=O) groups excluding carboxylic acids is 1. The molecule has 1 rings (SSSR count). The number of ether oxygens (including phenoxy) is 1. The van der Waals surface area contributed by atoms with Crippen LogP contribution >= 0.6 is 11.8 Å². The molecule has 1 atom stereocenters. The van der Waals surface area contributed by atoms with E-state index in [0.717, 1.165) is 17.3 Å². The smallest absolute Gasteiger partial charge is 0.367 e. The zero-order chi connectivity index (χ0) is 12.7. The van der Waals surface area contributed by atoms with E-state index in [-0.39, 0.29) is 12.4 Å². The molecule has 0 amide bonds. The van der Waals surface area contributed by atoms with Gasteiger partial charge in [0.2, 0.25) is 0 Å². The third kappa shape index (κ3) is 5.37. The molecule has 17 heavy (non-hydrogen) atoms. The third-order valence-electron chi connectivity index (χ3n) is 1.90. The third-order valence-corrected chi connectivity index (χ3v) is 2.78. The van der Waals surface area contributed by atoms with E-state index in [1.54, 1.807) is 0 Å². The van der Waals surface area contributed by atoms with Crippen LogP contribution in [0.15, 0.2) is 30.3 Å². The summed E-state index contributed by atoms with van der Waals surface area (Å²) in [6.07, 6.45) is 0. The van der Waals surface area contributed by atoms with Gasteiger partial charge < -0.3 is 15.6 Å². The van der Waals surface area contributed by atoms with Crippen LogP contribution in [-0.2, 0) is 16.1 Å². The number of benzene rings is 1. The van der Waals surface area contributed by atoms with Gasteiger partial charge in [0, 0.05) is 5.75 Å². The summed E-state index contributed by atoms with van der Waals surface area (Å²) >= 11 is 0.765. The van der Waals surface area contributed by atoms with E-state index < -0.39 is 17.3 Å². The summed E-state index contributed by atoms with van der Waals surface area (Å²) in [7, 11) is 0. The number of carboxylic acid groups (broad SMARTS) is 1. The largest absolute Gasteiger partial charge is 0.480 e. The highest BCUT2D eigenvalue weighted by Gasteiger charge is 2.14. The fraction of sp³-hybridized carbons (Fsp3) is 0.273. The van der Waals surface area contributed by atoms with Gasteiger partial charge in [0.05, 0.1) is 0 Å². The summed E-state index contributed by atoms with van der Waals surface area (Å²) < 4.78 is 4.93. The Morgan fingerprint density at radius 1 is 1.35 bits per heavy atom. The molecular formula is C11H13NO4S. The van der Waals surface area contributed by atoms with Crippen LogP contribution in [0.1, 0.15) is 5.56 Å². The number of nitrogens with two attached hydrogens (primary N) is 1. The second kappa shape index (κ2) is 6.93. The number of hydrogen-bond acceptors (Lipinski definition) is 5. The van der Waals surface area contributed by atoms with Gasteiger partial charge in [0.15, 0.2) is 0 Å². The molecule has 0 fully saturated rings. The van der Waals surface area contributed by atoms with Gasteiger partial charge in [-0.2, -0.15) is 0 Å². The average Bonchev–Trinajstić information content (AvgIpc) is 2.34. The van der Waals surface area contributed by atoms with Crippen molar-refractivity contribution in [1.82, 2.24) is 0 Å². The van der Waals surface area contributed by atoms with Gasteiger partial charge in [-0.25, -0.2) is 4.79 Å². The zero-order valence-corrected chi connectivity index (χ0v) is 9.85. The van der Waals surface area contributed by atoms with Crippen molar-refractivity contribution in [3.8, 4) is 0 Å². The minimum absolute atomic E-state index is 0.00293. The molecule has 6 heteroatoms. The molecule has 1 aromatic rings. The maximum Gasteiger partial charge on any atom is 0.367 e. The summed E-state index contributed by atoms with van der Waals surface area (Å²) in [4.78, 5) is 21.6. The van der Waals surface area contributed by atoms with Crippen molar-refractivity contribution in [2.24, 2.45) is 5.73 Å². The molecule has 0 saturated carbocycles. The maximum atomic E-state index is 11.2. The predicted molar refractivity (Wildman–Crippen MR) is 64.7 cm³/mol. The van der Waals surface area contributed by atoms with Gasteiger partial charge in [-0.05, 0) is 17.3 Å². The Balaban J connectivity index is 2.24. The minimum atomic E-state index is -1.13. The first kappa shape index (κ1) is 13.5. The van der Waals surface area contributed by atoms with Crippen molar-refractivity contribution in [1.29, 1.82) is 0 Å². The summed E-state index contributed by atoms with van der Waals surface area (Å²) in [5, 5.41) is 7.99. The van der Waals surface area contributed by atoms with Crippen LogP contribution in [0.3, 0.4) is 0 Å². The van der Waals surface area contributed by atoms with Gasteiger partial charge >= 0.3 is 11.3 Å². The van der Waals surface area contributed by atoms with Crippen LogP contribution in [0.25, 0.3) is 0 Å². The molecule has 0 unspecified atom stereocenters. The number of carboxylic acids is 1. The normalized spacial score (nSPS) is 11.8. The summed E-state index contributed by atoms with van der Waals surface area (Å²) in [5.74, 6) is -1.13. The molecule has 0 aromatic heterocycles. The molecule has 0 radical (unpaired) electrons. The molecule has 0 bridgehead atoms. The Labute approximate surface area is 103 Å². The van der Waals surface area contributed by atoms with Crippen LogP contribution in [0.5, 0.6) is 0 Å². The van der Waals surface area contributed by atoms with Gasteiger partial charge in [-0.3, -0.25) is 4.79 Å². The molecule has 1 aromatic carbocycles. The minimum Gasteiger partial charge on any atom is -0.480 e. The van der Waals surface area contributed by atoms with Crippen molar-refractivity contribution in [2.75, 3.05) is 5.75 Å². The highest BCUT2D eigenvalue weighted by atomic mass is 32.2. The average molecular weight is 255 g/mol. The molecule has 0 heterocycles. The lowest BCUT2D eigenvalue weighted by Crippen LogP contribution is -2.32. The fourth-order valence-corrected chi connectivity index (χ4v) is 1.59. The van der Waals surface area contributed by atoms with Crippen LogP contribution < -0.4 is 5.73 Å². The quantitative estimate of drug-likeness (QED) is 0.774. The van der Waals surface area contributed by atoms with Crippen molar-refractivity contribution in [2.45, 2.75) is 12.6 Å². The Morgan fingerprint density at radius 3 is 2.59 bits per heavy atom. The van der Waals surface area contributed by atoms with Crippen LogP contribution in [0, 0.1) is 0 Å². The van der Waals surface area contributed by atoms with E-state index in [4.69, 9.17) is 15.6 Å². The molecule has 0 spiro atoms. The Bertz CT molecular complexity index is 382. The zero-order valence-electron chi connectivity index (χ0n) is 9.04. The monoisotopic (exact) mass is 255 g/mol. The molecule has 0 aliphatic carbocycles. The Hall–Kier alpha value is -1.53. The number of thioether (sulfide) groups is 1. The highest BCUT2D eigenvalue weighted by molar-refractivity contribution is 8.13. The topological polar surface area (TPSA) is 89.6 Å². The van der Waals surface area contributed by atoms with Gasteiger partial charge in [0.25, 0.3) is 0 Å². The molecule has 5 nitrogen and oxygen atoms in total. The second-order valence-electron chi connectivity index (χ2n) is 3.28. The van der Waals surface area contributed by atoms with E-state index in [9.17, 15) is 9.59 Å². The van der Waals surface area contributed by atoms with Gasteiger partial charge in [-0.1, -0.05) is 30.3 Å². The molecule has 3 N–H and O–H groups in total. The fourth-order valence-electron chi connectivity index (χ4n) is 0.987. The predicted octanol–water partition coefficient (Wildman–Crippen LogP) is 1.47. The first-order valence-electron chi connectivity index (χ1n) is 4.91. The Morgan fingerprint density at radius 2 is 2.00 bits per heavy atom. The van der Waals surface area contributed by atoms with E-state index in [1.807, 2.05) is 30.3 Å². The first-order chi connectivity index (χ1) is 8.09. The number of rotatable bonds is 5. The van der Waals surface area contributed by atoms with Crippen molar-refractivity contribution in [3.05, 3.63) is 35.9 Å². The van der Waals surface area contributed by atoms with E-state index in [2.05, 4.69) is 0 Å². The summed E-state index contributed by atoms with van der Waals surface area (Å²) in [6, 6.07) is 8.17. The van der Waals surface area contributed by atoms with Crippen LogP contribution in [-0.4, -0.2) is 28.2 Å². The van der Waals surface area contributed by atoms with Crippen LogP contribution in [0.2, 0.25) is 0 Å². The molecule has 0 aliphatic rings. The SMILES string of the molecule is N[C@@H](CSC(=O)OCc1ccccc1)C(=O)O. The molecule has 0 aliphatic heterocycles. The van der Waals surface area contributed by atoms with Gasteiger partial charge in [-0.15, -0.1) is 0 Å². The highest BCUT2D eigenvalue weighted by Crippen LogP contribution is 2.09. The lowest BCUT2D eigenvalue weighted by atomic mass is 10.2. The molecular weight excluding hydrogens is 242 g/mol. The van der Waals surface area contributed by atoms with E-state index >= 15 is 0 Å². The van der Waals surface area contributed by atoms with Gasteiger partial charge in [0.1, 0.15) is 12.6 Å². The number of carbonyl (C=O) groups is 2. The maximum absolute atomic E-state index is 11.2. The molecule has 0 saturated heterocycles. The van der Waals surface area contributed by atoms with Crippen molar-refractivity contribution < 1.29 is 19.4 Å². The lowest BCUT2D eigenvalue weighted by Gasteiger charge is -2.06. The number of hydrogen-bond donors (Lipinski definition) is 2. The standard InChI is InChI=1S/C11H13NO4S/c12-9(10(13)14)7-17-11(15)16-6-8-4-2-1-3-5-8/h1-5,9H,6-7,12H2,(H,13,14)/t9-/m0/s1. The Kier molecular flexibility index (Phi) is 5.51. The molecule has 92 valence electrons. The van der Waals surface area contributed by atoms with Crippen molar-refractivity contribution in [3.63, 3.8) is 0 Å². The number of aliphatic carboxylic acids is 1. The van der Waals surface area contributed by atoms with E-state index in [1.165, 1.54) is 0 Å². The summed E-state index contributed by atoms with van der Waals surface area (Å²) in [5.41, 5.74) is 6.12. The lowest BCUT2D eigenvalue weighted by molar-refractivity contribution is -0.137. The second-order valence-corrected chi connectivity index (χ2v) is 4.24.